The zero-order valence-corrected chi connectivity index (χ0v) is 16.4. The van der Waals surface area contributed by atoms with Gasteiger partial charge >= 0.3 is 0 Å². The molecule has 2 aromatic heterocycles. The van der Waals surface area contributed by atoms with Gasteiger partial charge in [0.25, 0.3) is 5.56 Å². The maximum absolute atomic E-state index is 12.4. The van der Waals surface area contributed by atoms with Crippen LogP contribution in [0.25, 0.3) is 11.2 Å². The third-order valence-corrected chi connectivity index (χ3v) is 5.83. The van der Waals surface area contributed by atoms with Crippen LogP contribution in [0.3, 0.4) is 0 Å². The van der Waals surface area contributed by atoms with E-state index in [4.69, 9.17) is 10.5 Å². The molecule has 160 valence electrons. The Hall–Kier alpha value is -2.25. The number of aromatic amines is 1. The van der Waals surface area contributed by atoms with Crippen molar-refractivity contribution in [2.45, 2.75) is 44.4 Å². The van der Waals surface area contributed by atoms with Crippen LogP contribution in [0.1, 0.15) is 20.1 Å². The number of H-pyrrole nitrogens is 1. The number of anilines is 2. The van der Waals surface area contributed by atoms with E-state index in [0.29, 0.717) is 25.1 Å². The maximum Gasteiger partial charge on any atom is 0.280 e. The molecule has 2 aliphatic rings. The van der Waals surface area contributed by atoms with Crippen molar-refractivity contribution in [3.63, 3.8) is 0 Å². The quantitative estimate of drug-likeness (QED) is 0.299. The molecule has 2 saturated heterocycles. The molecule has 2 aromatic rings. The summed E-state index contributed by atoms with van der Waals surface area (Å²) < 4.78 is 7.21. The molecule has 0 bridgehead atoms. The summed E-state index contributed by atoms with van der Waals surface area (Å²) in [6.45, 7) is 7.06. The van der Waals surface area contributed by atoms with Crippen LogP contribution < -0.4 is 21.1 Å². The molecule has 0 saturated carbocycles. The number of fused-ring (bicyclic) bond motifs is 1. The number of aromatic nitrogens is 4. The molecular formula is C17H28N7O5+. The molecule has 0 amide bonds. The van der Waals surface area contributed by atoms with Gasteiger partial charge in [-0.25, -0.2) is 4.98 Å². The van der Waals surface area contributed by atoms with Crippen molar-refractivity contribution in [1.82, 2.24) is 19.5 Å². The molecule has 2 fully saturated rings. The second-order valence-electron chi connectivity index (χ2n) is 7.93. The number of hydrogen-bond acceptors (Lipinski definition) is 9. The van der Waals surface area contributed by atoms with Gasteiger partial charge in [-0.05, 0) is 13.8 Å². The van der Waals surface area contributed by atoms with E-state index in [0.717, 1.165) is 13.1 Å². The summed E-state index contributed by atoms with van der Waals surface area (Å²) in [4.78, 5) is 27.0. The minimum Gasteiger partial charge on any atom is -0.394 e. The van der Waals surface area contributed by atoms with Gasteiger partial charge in [-0.3, -0.25) is 14.3 Å². The Kier molecular flexibility index (Phi) is 5.21. The Morgan fingerprint density at radius 2 is 1.97 bits per heavy atom. The predicted octanol–water partition coefficient (Wildman–Crippen LogP) is -3.57. The van der Waals surface area contributed by atoms with Gasteiger partial charge in [0, 0.05) is 0 Å². The highest BCUT2D eigenvalue weighted by molar-refractivity contribution is 5.75. The first-order valence-corrected chi connectivity index (χ1v) is 9.81. The smallest absolute Gasteiger partial charge is 0.280 e. The van der Waals surface area contributed by atoms with Crippen molar-refractivity contribution in [3.8, 4) is 0 Å². The van der Waals surface area contributed by atoms with Gasteiger partial charge < -0.3 is 35.6 Å². The standard InChI is InChI=1S/C17H27N7O5/c1-8(2)22-3-5-23(6-4-22)17-19-10-13(20-16(18)21-14(10)28)24(17)15-12(27)11(26)9(7-25)29-15/h8-9,11-12,15,25-27H,3-7H2,1-2H3,(H3,18,20,21,28)/p+1/t9-,11+,12-,15-/m0/s1. The van der Waals surface area contributed by atoms with E-state index in [1.807, 2.05) is 4.90 Å². The van der Waals surface area contributed by atoms with Gasteiger partial charge in [0.05, 0.1) is 38.8 Å². The average molecular weight is 410 g/mol. The lowest BCUT2D eigenvalue weighted by Crippen LogP contribution is -3.17. The molecule has 12 nitrogen and oxygen atoms in total. The predicted molar refractivity (Wildman–Crippen MR) is 104 cm³/mol. The number of rotatable bonds is 4. The number of piperazine rings is 1. The van der Waals surface area contributed by atoms with Gasteiger partial charge in [0.15, 0.2) is 17.4 Å². The first kappa shape index (κ1) is 20.0. The van der Waals surface area contributed by atoms with Crippen LogP contribution in [-0.2, 0) is 4.74 Å². The van der Waals surface area contributed by atoms with Crippen LogP contribution in [0.5, 0.6) is 0 Å². The van der Waals surface area contributed by atoms with Gasteiger partial charge in [0.2, 0.25) is 11.9 Å². The molecule has 4 heterocycles. The molecule has 2 aliphatic heterocycles. The van der Waals surface area contributed by atoms with E-state index in [1.165, 1.54) is 9.47 Å². The molecule has 4 rings (SSSR count). The molecule has 0 radical (unpaired) electrons. The topological polar surface area (TPSA) is 167 Å². The SMILES string of the molecule is CC(C)[NH+]1CCN(c2nc3c(=O)[nH]c(N)nc3n2[C@H]2O[C@@H](CO)[C@@H](O)[C@@H]2O)CC1. The Bertz CT molecular complexity index is 936. The Morgan fingerprint density at radius 1 is 1.28 bits per heavy atom. The van der Waals surface area contributed by atoms with E-state index in [-0.39, 0.29) is 17.1 Å². The van der Waals surface area contributed by atoms with Crippen molar-refractivity contribution < 1.29 is 25.0 Å². The molecule has 0 spiro atoms. The number of ether oxygens (including phenoxy) is 1. The van der Waals surface area contributed by atoms with Crippen molar-refractivity contribution >= 4 is 23.1 Å². The molecule has 0 aliphatic carbocycles. The lowest BCUT2D eigenvalue weighted by atomic mass is 10.1. The first-order valence-electron chi connectivity index (χ1n) is 9.81. The van der Waals surface area contributed by atoms with Gasteiger partial charge in [-0.15, -0.1) is 0 Å². The largest absolute Gasteiger partial charge is 0.394 e. The Morgan fingerprint density at radius 3 is 2.55 bits per heavy atom. The summed E-state index contributed by atoms with van der Waals surface area (Å²) in [5.74, 6) is 0.331. The van der Waals surface area contributed by atoms with Gasteiger partial charge in [0.1, 0.15) is 18.3 Å². The lowest BCUT2D eigenvalue weighted by Gasteiger charge is -2.35. The molecule has 29 heavy (non-hydrogen) atoms. The normalized spacial score (nSPS) is 28.7. The number of imidazole rings is 1. The average Bonchev–Trinajstić information content (AvgIpc) is 3.20. The minimum absolute atomic E-state index is 0.0746. The van der Waals surface area contributed by atoms with Crippen LogP contribution in [0.4, 0.5) is 11.9 Å². The highest BCUT2D eigenvalue weighted by atomic mass is 16.6. The second-order valence-corrected chi connectivity index (χ2v) is 7.93. The highest BCUT2D eigenvalue weighted by Crippen LogP contribution is 2.35. The van der Waals surface area contributed by atoms with Gasteiger partial charge in [-0.1, -0.05) is 0 Å². The van der Waals surface area contributed by atoms with E-state index in [2.05, 4.69) is 28.8 Å². The van der Waals surface area contributed by atoms with Crippen molar-refractivity contribution in [1.29, 1.82) is 0 Å². The van der Waals surface area contributed by atoms with E-state index < -0.39 is 36.7 Å². The number of nitrogens with zero attached hydrogens (tertiary/aromatic N) is 4. The van der Waals surface area contributed by atoms with Crippen LogP contribution >= 0.6 is 0 Å². The fourth-order valence-electron chi connectivity index (χ4n) is 4.11. The third-order valence-electron chi connectivity index (χ3n) is 5.83. The maximum atomic E-state index is 12.4. The number of quaternary nitrogens is 1. The van der Waals surface area contributed by atoms with Gasteiger partial charge in [-0.2, -0.15) is 4.98 Å². The van der Waals surface area contributed by atoms with Crippen LogP contribution in [-0.4, -0.2) is 92.0 Å². The molecule has 0 aromatic carbocycles. The van der Waals surface area contributed by atoms with Crippen LogP contribution in [0.15, 0.2) is 4.79 Å². The molecule has 7 N–H and O–H groups in total. The van der Waals surface area contributed by atoms with Crippen molar-refractivity contribution in [2.24, 2.45) is 0 Å². The summed E-state index contributed by atoms with van der Waals surface area (Å²) in [6, 6.07) is 0.501. The molecule has 12 heteroatoms. The number of aliphatic hydroxyl groups is 3. The van der Waals surface area contributed by atoms with Crippen LogP contribution in [0.2, 0.25) is 0 Å². The Labute approximate surface area is 166 Å². The summed E-state index contributed by atoms with van der Waals surface area (Å²) >= 11 is 0. The number of nitrogen functional groups attached to an aromatic ring is 1. The summed E-state index contributed by atoms with van der Waals surface area (Å²) in [5, 5.41) is 30.2. The second kappa shape index (κ2) is 7.54. The van der Waals surface area contributed by atoms with Crippen molar-refractivity contribution in [3.05, 3.63) is 10.4 Å². The monoisotopic (exact) mass is 410 g/mol. The van der Waals surface area contributed by atoms with Crippen LogP contribution in [0, 0.1) is 0 Å². The lowest BCUT2D eigenvalue weighted by molar-refractivity contribution is -0.922. The summed E-state index contributed by atoms with van der Waals surface area (Å²) in [5.41, 5.74) is 5.47. The molecular weight excluding hydrogens is 382 g/mol. The van der Waals surface area contributed by atoms with E-state index in [9.17, 15) is 20.1 Å². The fraction of sp³-hybridized carbons (Fsp3) is 0.706. The van der Waals surface area contributed by atoms with E-state index in [1.54, 1.807) is 0 Å². The number of aliphatic hydroxyl groups excluding tert-OH is 3. The zero-order chi connectivity index (χ0) is 20.9. The molecule has 4 atom stereocenters. The summed E-state index contributed by atoms with van der Waals surface area (Å²) in [7, 11) is 0. The fourth-order valence-corrected chi connectivity index (χ4v) is 4.11. The van der Waals surface area contributed by atoms with E-state index >= 15 is 0 Å². The number of nitrogens with two attached hydrogens (primary N) is 1. The number of hydrogen-bond donors (Lipinski definition) is 6. The first-order chi connectivity index (χ1) is 13.8. The number of nitrogens with one attached hydrogen (secondary N) is 2. The van der Waals surface area contributed by atoms with Crippen molar-refractivity contribution in [2.75, 3.05) is 43.4 Å². The Balaban J connectivity index is 1.79. The highest BCUT2D eigenvalue weighted by Gasteiger charge is 2.45. The molecule has 0 unspecified atom stereocenters. The third kappa shape index (κ3) is 3.36. The summed E-state index contributed by atoms with van der Waals surface area (Å²) in [6.07, 6.45) is -4.63. The minimum atomic E-state index is -1.33. The zero-order valence-electron chi connectivity index (χ0n) is 16.4.